The summed E-state index contributed by atoms with van der Waals surface area (Å²) in [5.41, 5.74) is 3.80. The van der Waals surface area contributed by atoms with Crippen LogP contribution in [0.4, 0.5) is 0 Å². The number of benzene rings is 2. The van der Waals surface area contributed by atoms with Crippen LogP contribution in [0, 0.1) is 0 Å². The Balaban J connectivity index is 1.63. The van der Waals surface area contributed by atoms with Crippen molar-refractivity contribution in [1.82, 2.24) is 10.2 Å². The van der Waals surface area contributed by atoms with Gasteiger partial charge in [0.15, 0.2) is 0 Å². The second-order valence-electron chi connectivity index (χ2n) is 6.56. The lowest BCUT2D eigenvalue weighted by Gasteiger charge is -2.35. The van der Waals surface area contributed by atoms with E-state index >= 15 is 0 Å². The molecular formula is C22H24N2OS. The van der Waals surface area contributed by atoms with Gasteiger partial charge in [-0.15, -0.1) is 0 Å². The van der Waals surface area contributed by atoms with E-state index in [1.807, 2.05) is 6.07 Å². The van der Waals surface area contributed by atoms with Gasteiger partial charge in [0.25, 0.3) is 0 Å². The fourth-order valence-electron chi connectivity index (χ4n) is 3.53. The Bertz CT molecular complexity index is 798. The molecular weight excluding hydrogens is 340 g/mol. The lowest BCUT2D eigenvalue weighted by Crippen LogP contribution is -2.45. The topological polar surface area (TPSA) is 24.5 Å². The summed E-state index contributed by atoms with van der Waals surface area (Å²) < 4.78 is 6.25. The Morgan fingerprint density at radius 1 is 0.962 bits per heavy atom. The largest absolute Gasteiger partial charge is 0.489 e. The molecule has 0 aliphatic carbocycles. The molecule has 4 heteroatoms. The molecule has 3 nitrogen and oxygen atoms in total. The number of piperazine rings is 1. The predicted octanol–water partition coefficient (Wildman–Crippen LogP) is 4.32. The second kappa shape index (κ2) is 8.49. The van der Waals surface area contributed by atoms with Gasteiger partial charge in [-0.1, -0.05) is 48.5 Å². The molecule has 2 aromatic carbocycles. The number of para-hydroxylation sites is 1. The molecule has 1 unspecified atom stereocenters. The van der Waals surface area contributed by atoms with Crippen LogP contribution in [0.25, 0.3) is 0 Å². The summed E-state index contributed by atoms with van der Waals surface area (Å²) in [4.78, 5) is 2.56. The number of hydrogen-bond acceptors (Lipinski definition) is 4. The quantitative estimate of drug-likeness (QED) is 0.705. The van der Waals surface area contributed by atoms with E-state index in [9.17, 15) is 0 Å². The third kappa shape index (κ3) is 3.98. The predicted molar refractivity (Wildman–Crippen MR) is 108 cm³/mol. The third-order valence-electron chi connectivity index (χ3n) is 4.83. The van der Waals surface area contributed by atoms with E-state index < -0.39 is 0 Å². The second-order valence-corrected chi connectivity index (χ2v) is 7.34. The first-order valence-corrected chi connectivity index (χ1v) is 10.1. The molecule has 134 valence electrons. The third-order valence-corrected chi connectivity index (χ3v) is 5.53. The minimum absolute atomic E-state index is 0.246. The van der Waals surface area contributed by atoms with Crippen molar-refractivity contribution in [3.63, 3.8) is 0 Å². The average Bonchev–Trinajstić information content (AvgIpc) is 3.23. The molecule has 1 N–H and O–H groups in total. The first-order valence-electron chi connectivity index (χ1n) is 9.14. The zero-order valence-electron chi connectivity index (χ0n) is 14.8. The zero-order valence-corrected chi connectivity index (χ0v) is 15.6. The monoisotopic (exact) mass is 364 g/mol. The Morgan fingerprint density at radius 2 is 1.73 bits per heavy atom. The van der Waals surface area contributed by atoms with E-state index in [1.165, 1.54) is 16.7 Å². The van der Waals surface area contributed by atoms with E-state index in [4.69, 9.17) is 4.74 Å². The highest BCUT2D eigenvalue weighted by Crippen LogP contribution is 2.36. The first-order chi connectivity index (χ1) is 12.9. The molecule has 1 saturated heterocycles. The molecule has 1 aliphatic rings. The Labute approximate surface area is 159 Å². The van der Waals surface area contributed by atoms with Crippen molar-refractivity contribution in [3.8, 4) is 5.75 Å². The van der Waals surface area contributed by atoms with Crippen LogP contribution in [0.3, 0.4) is 0 Å². The van der Waals surface area contributed by atoms with Crippen LogP contribution in [0.1, 0.15) is 22.7 Å². The zero-order chi connectivity index (χ0) is 17.6. The Kier molecular flexibility index (Phi) is 5.65. The van der Waals surface area contributed by atoms with Crippen LogP contribution in [0.5, 0.6) is 5.75 Å². The first kappa shape index (κ1) is 17.3. The number of thiophene rings is 1. The highest BCUT2D eigenvalue weighted by molar-refractivity contribution is 7.08. The van der Waals surface area contributed by atoms with Gasteiger partial charge >= 0.3 is 0 Å². The van der Waals surface area contributed by atoms with Gasteiger partial charge in [0, 0.05) is 31.7 Å². The van der Waals surface area contributed by atoms with Gasteiger partial charge in [0.2, 0.25) is 0 Å². The smallest absolute Gasteiger partial charge is 0.124 e. The molecule has 0 amide bonds. The molecule has 2 heterocycles. The van der Waals surface area contributed by atoms with Gasteiger partial charge in [0.05, 0.1) is 6.04 Å². The van der Waals surface area contributed by atoms with Crippen molar-refractivity contribution in [2.45, 2.75) is 12.6 Å². The maximum atomic E-state index is 6.25. The summed E-state index contributed by atoms with van der Waals surface area (Å²) in [5, 5.41) is 7.89. The molecule has 1 atom stereocenters. The minimum atomic E-state index is 0.246. The summed E-state index contributed by atoms with van der Waals surface area (Å²) in [5.74, 6) is 0.978. The summed E-state index contributed by atoms with van der Waals surface area (Å²) in [7, 11) is 0. The van der Waals surface area contributed by atoms with E-state index in [0.29, 0.717) is 6.61 Å². The fraction of sp³-hybridized carbons (Fsp3) is 0.273. The summed E-state index contributed by atoms with van der Waals surface area (Å²) in [6.07, 6.45) is 0. The number of hydrogen-bond donors (Lipinski definition) is 1. The van der Waals surface area contributed by atoms with Crippen LogP contribution < -0.4 is 10.1 Å². The minimum Gasteiger partial charge on any atom is -0.489 e. The number of nitrogens with one attached hydrogen (secondary N) is 1. The highest BCUT2D eigenvalue weighted by Gasteiger charge is 2.26. The van der Waals surface area contributed by atoms with Crippen molar-refractivity contribution in [2.75, 3.05) is 26.2 Å². The molecule has 0 spiro atoms. The van der Waals surface area contributed by atoms with Crippen LogP contribution in [-0.4, -0.2) is 31.1 Å². The summed E-state index contributed by atoms with van der Waals surface area (Å²) >= 11 is 1.76. The number of nitrogens with zero attached hydrogens (tertiary/aromatic N) is 1. The van der Waals surface area contributed by atoms with Crippen molar-refractivity contribution in [1.29, 1.82) is 0 Å². The molecule has 0 saturated carbocycles. The average molecular weight is 365 g/mol. The van der Waals surface area contributed by atoms with Gasteiger partial charge in [-0.3, -0.25) is 4.90 Å². The fourth-order valence-corrected chi connectivity index (χ4v) is 4.21. The molecule has 0 bridgehead atoms. The molecule has 1 aliphatic heterocycles. The van der Waals surface area contributed by atoms with Gasteiger partial charge in [0.1, 0.15) is 12.4 Å². The molecule has 1 fully saturated rings. The van der Waals surface area contributed by atoms with Crippen molar-refractivity contribution < 1.29 is 4.74 Å². The lowest BCUT2D eigenvalue weighted by molar-refractivity contribution is 0.193. The number of ether oxygens (including phenoxy) is 1. The number of rotatable bonds is 6. The van der Waals surface area contributed by atoms with Gasteiger partial charge in [-0.25, -0.2) is 0 Å². The van der Waals surface area contributed by atoms with Crippen LogP contribution >= 0.6 is 11.3 Å². The molecule has 3 aromatic rings. The highest BCUT2D eigenvalue weighted by atomic mass is 32.1. The van der Waals surface area contributed by atoms with Crippen molar-refractivity contribution in [3.05, 3.63) is 88.1 Å². The van der Waals surface area contributed by atoms with Gasteiger partial charge in [-0.05, 0) is 34.0 Å². The van der Waals surface area contributed by atoms with Gasteiger partial charge in [-0.2, -0.15) is 11.3 Å². The SMILES string of the molecule is c1ccc(COc2ccccc2C(c2ccsc2)N2CCNCC2)cc1. The van der Waals surface area contributed by atoms with Crippen LogP contribution in [0.15, 0.2) is 71.4 Å². The van der Waals surface area contributed by atoms with E-state index in [1.54, 1.807) is 11.3 Å². The molecule has 4 rings (SSSR count). The van der Waals surface area contributed by atoms with E-state index in [-0.39, 0.29) is 6.04 Å². The van der Waals surface area contributed by atoms with E-state index in [2.05, 4.69) is 75.6 Å². The normalized spacial score (nSPS) is 16.3. The maximum Gasteiger partial charge on any atom is 0.124 e. The summed E-state index contributed by atoms with van der Waals surface area (Å²) in [6.45, 7) is 4.76. The molecule has 26 heavy (non-hydrogen) atoms. The van der Waals surface area contributed by atoms with Crippen LogP contribution in [0.2, 0.25) is 0 Å². The standard InChI is InChI=1S/C22H24N2OS/c1-2-6-18(7-3-1)16-25-21-9-5-4-8-20(21)22(19-10-15-26-17-19)24-13-11-23-12-14-24/h1-10,15,17,22-23H,11-14,16H2. The summed E-state index contributed by atoms with van der Waals surface area (Å²) in [6, 6.07) is 21.3. The maximum absolute atomic E-state index is 6.25. The molecule has 1 aromatic heterocycles. The van der Waals surface area contributed by atoms with Crippen molar-refractivity contribution in [2.24, 2.45) is 0 Å². The van der Waals surface area contributed by atoms with Gasteiger partial charge < -0.3 is 10.1 Å². The lowest BCUT2D eigenvalue weighted by atomic mass is 9.98. The molecule has 0 radical (unpaired) electrons. The van der Waals surface area contributed by atoms with E-state index in [0.717, 1.165) is 31.9 Å². The van der Waals surface area contributed by atoms with Crippen LogP contribution in [-0.2, 0) is 6.61 Å². The Hall–Kier alpha value is -2.14. The Morgan fingerprint density at radius 3 is 2.50 bits per heavy atom. The van der Waals surface area contributed by atoms with Crippen molar-refractivity contribution >= 4 is 11.3 Å².